The van der Waals surface area contributed by atoms with E-state index in [2.05, 4.69) is 4.72 Å². The molecule has 2 rings (SSSR count). The van der Waals surface area contributed by atoms with Crippen LogP contribution in [0.4, 0.5) is 8.78 Å². The van der Waals surface area contributed by atoms with Crippen LogP contribution in [-0.4, -0.2) is 13.7 Å². The SMILES string of the molecule is CC(NS(=O)(=O)C1CC1)c1cccc(F)c1F. The van der Waals surface area contributed by atoms with Gasteiger partial charge in [0.05, 0.1) is 5.25 Å². The second kappa shape index (κ2) is 4.34. The highest BCUT2D eigenvalue weighted by Gasteiger charge is 2.36. The van der Waals surface area contributed by atoms with E-state index in [0.717, 1.165) is 6.07 Å². The highest BCUT2D eigenvalue weighted by Crippen LogP contribution is 2.29. The van der Waals surface area contributed by atoms with Crippen molar-refractivity contribution in [3.63, 3.8) is 0 Å². The van der Waals surface area contributed by atoms with E-state index in [0.29, 0.717) is 12.8 Å². The molecule has 17 heavy (non-hydrogen) atoms. The van der Waals surface area contributed by atoms with Gasteiger partial charge in [-0.15, -0.1) is 0 Å². The smallest absolute Gasteiger partial charge is 0.212 e. The zero-order valence-corrected chi connectivity index (χ0v) is 10.1. The number of rotatable bonds is 4. The zero-order valence-electron chi connectivity index (χ0n) is 9.28. The summed E-state index contributed by atoms with van der Waals surface area (Å²) in [5, 5.41) is -0.374. The summed E-state index contributed by atoms with van der Waals surface area (Å²) < 4.78 is 52.1. The number of hydrogen-bond acceptors (Lipinski definition) is 2. The largest absolute Gasteiger partial charge is 0.215 e. The quantitative estimate of drug-likeness (QED) is 0.902. The maximum Gasteiger partial charge on any atom is 0.215 e. The molecule has 1 aliphatic rings. The molecule has 1 N–H and O–H groups in total. The van der Waals surface area contributed by atoms with E-state index in [4.69, 9.17) is 0 Å². The van der Waals surface area contributed by atoms with Crippen molar-refractivity contribution in [1.82, 2.24) is 4.72 Å². The molecule has 0 bridgehead atoms. The molecule has 1 aliphatic carbocycles. The molecule has 1 saturated carbocycles. The van der Waals surface area contributed by atoms with Gasteiger partial charge >= 0.3 is 0 Å². The van der Waals surface area contributed by atoms with Gasteiger partial charge in [0.1, 0.15) is 0 Å². The molecule has 0 amide bonds. The molecule has 3 nitrogen and oxygen atoms in total. The van der Waals surface area contributed by atoms with E-state index in [9.17, 15) is 17.2 Å². The fraction of sp³-hybridized carbons (Fsp3) is 0.455. The van der Waals surface area contributed by atoms with Crippen LogP contribution in [0.2, 0.25) is 0 Å². The van der Waals surface area contributed by atoms with Crippen molar-refractivity contribution in [2.24, 2.45) is 0 Å². The van der Waals surface area contributed by atoms with Gasteiger partial charge in [0.15, 0.2) is 11.6 Å². The van der Waals surface area contributed by atoms with E-state index in [-0.39, 0.29) is 10.8 Å². The molecule has 94 valence electrons. The van der Waals surface area contributed by atoms with Crippen LogP contribution in [0.15, 0.2) is 18.2 Å². The van der Waals surface area contributed by atoms with E-state index < -0.39 is 27.7 Å². The highest BCUT2D eigenvalue weighted by atomic mass is 32.2. The Balaban J connectivity index is 2.20. The van der Waals surface area contributed by atoms with E-state index in [1.807, 2.05) is 0 Å². The lowest BCUT2D eigenvalue weighted by Gasteiger charge is -2.15. The van der Waals surface area contributed by atoms with Gasteiger partial charge in [0.25, 0.3) is 0 Å². The van der Waals surface area contributed by atoms with Crippen LogP contribution < -0.4 is 4.72 Å². The van der Waals surface area contributed by atoms with Gasteiger partial charge in [-0.3, -0.25) is 0 Å². The minimum Gasteiger partial charge on any atom is -0.212 e. The molecular formula is C11H13F2NO2S. The van der Waals surface area contributed by atoms with Gasteiger partial charge in [-0.1, -0.05) is 12.1 Å². The first-order valence-corrected chi connectivity index (χ1v) is 6.91. The first-order chi connectivity index (χ1) is 7.92. The monoisotopic (exact) mass is 261 g/mol. The number of nitrogens with one attached hydrogen (secondary N) is 1. The fourth-order valence-corrected chi connectivity index (χ4v) is 3.21. The molecular weight excluding hydrogens is 248 g/mol. The fourth-order valence-electron chi connectivity index (χ4n) is 1.64. The maximum absolute atomic E-state index is 13.4. The predicted molar refractivity (Wildman–Crippen MR) is 59.9 cm³/mol. The first-order valence-electron chi connectivity index (χ1n) is 5.37. The molecule has 0 heterocycles. The molecule has 6 heteroatoms. The minimum atomic E-state index is -3.40. The van der Waals surface area contributed by atoms with Crippen molar-refractivity contribution < 1.29 is 17.2 Å². The van der Waals surface area contributed by atoms with E-state index in [1.54, 1.807) is 0 Å². The van der Waals surface area contributed by atoms with Crippen LogP contribution in [0.5, 0.6) is 0 Å². The summed E-state index contributed by atoms with van der Waals surface area (Å²) in [6.45, 7) is 1.50. The topological polar surface area (TPSA) is 46.2 Å². The Bertz CT molecular complexity index is 526. The third-order valence-electron chi connectivity index (χ3n) is 2.75. The summed E-state index contributed by atoms with van der Waals surface area (Å²) >= 11 is 0. The van der Waals surface area contributed by atoms with Crippen LogP contribution in [0.1, 0.15) is 31.4 Å². The third-order valence-corrected chi connectivity index (χ3v) is 4.78. The zero-order chi connectivity index (χ0) is 12.6. The average molecular weight is 261 g/mol. The van der Waals surface area contributed by atoms with Crippen molar-refractivity contribution >= 4 is 10.0 Å². The Morgan fingerprint density at radius 3 is 2.59 bits per heavy atom. The van der Waals surface area contributed by atoms with Crippen LogP contribution in [0.3, 0.4) is 0 Å². The van der Waals surface area contributed by atoms with E-state index >= 15 is 0 Å². The summed E-state index contributed by atoms with van der Waals surface area (Å²) in [5.41, 5.74) is 0.0224. The molecule has 1 fully saturated rings. The molecule has 0 radical (unpaired) electrons. The number of sulfonamides is 1. The predicted octanol–water partition coefficient (Wildman–Crippen LogP) is 2.11. The molecule has 0 spiro atoms. The maximum atomic E-state index is 13.4. The Kier molecular flexibility index (Phi) is 3.18. The van der Waals surface area contributed by atoms with Gasteiger partial charge in [0.2, 0.25) is 10.0 Å². The lowest BCUT2D eigenvalue weighted by molar-refractivity contribution is 0.485. The molecule has 0 aliphatic heterocycles. The minimum absolute atomic E-state index is 0.0224. The first kappa shape index (κ1) is 12.4. The van der Waals surface area contributed by atoms with Crippen molar-refractivity contribution in [1.29, 1.82) is 0 Å². The Labute approximate surface area is 98.9 Å². The van der Waals surface area contributed by atoms with Crippen molar-refractivity contribution in [3.05, 3.63) is 35.4 Å². The Morgan fingerprint density at radius 1 is 1.35 bits per heavy atom. The number of halogens is 2. The van der Waals surface area contributed by atoms with Gasteiger partial charge < -0.3 is 0 Å². The Morgan fingerprint density at radius 2 is 2.00 bits per heavy atom. The summed E-state index contributed by atoms with van der Waals surface area (Å²) in [4.78, 5) is 0. The summed E-state index contributed by atoms with van der Waals surface area (Å²) in [6.07, 6.45) is 1.27. The second-order valence-corrected chi connectivity index (χ2v) is 6.22. The van der Waals surface area contributed by atoms with E-state index in [1.165, 1.54) is 19.1 Å². The highest BCUT2D eigenvalue weighted by molar-refractivity contribution is 7.90. The molecule has 1 atom stereocenters. The lowest BCUT2D eigenvalue weighted by atomic mass is 10.1. The van der Waals surface area contributed by atoms with Gasteiger partial charge in [-0.2, -0.15) is 0 Å². The standard InChI is InChI=1S/C11H13F2NO2S/c1-7(14-17(15,16)8-5-6-8)9-3-2-4-10(12)11(9)13/h2-4,7-8,14H,5-6H2,1H3. The molecule has 0 saturated heterocycles. The van der Waals surface area contributed by atoms with Crippen molar-refractivity contribution in [2.45, 2.75) is 31.1 Å². The van der Waals surface area contributed by atoms with Crippen LogP contribution in [0.25, 0.3) is 0 Å². The van der Waals surface area contributed by atoms with Gasteiger partial charge in [-0.25, -0.2) is 21.9 Å². The third kappa shape index (κ3) is 2.63. The van der Waals surface area contributed by atoms with Crippen LogP contribution in [0, 0.1) is 11.6 Å². The normalized spacial score (nSPS) is 18.1. The molecule has 1 aromatic carbocycles. The van der Waals surface area contributed by atoms with Gasteiger partial charge in [0, 0.05) is 11.6 Å². The van der Waals surface area contributed by atoms with Crippen LogP contribution >= 0.6 is 0 Å². The van der Waals surface area contributed by atoms with Crippen LogP contribution in [-0.2, 0) is 10.0 Å². The summed E-state index contributed by atoms with van der Waals surface area (Å²) in [5.74, 6) is -1.97. The molecule has 1 unspecified atom stereocenters. The summed E-state index contributed by atoms with van der Waals surface area (Å²) in [6, 6.07) is 2.96. The molecule has 1 aromatic rings. The lowest BCUT2D eigenvalue weighted by Crippen LogP contribution is -2.30. The van der Waals surface area contributed by atoms with Gasteiger partial charge in [-0.05, 0) is 25.8 Å². The molecule has 0 aromatic heterocycles. The average Bonchev–Trinajstić information content (AvgIpc) is 3.04. The van der Waals surface area contributed by atoms with Crippen molar-refractivity contribution in [3.8, 4) is 0 Å². The summed E-state index contributed by atoms with van der Waals surface area (Å²) in [7, 11) is -3.40. The Hall–Kier alpha value is -1.01. The van der Waals surface area contributed by atoms with Crippen molar-refractivity contribution in [2.75, 3.05) is 0 Å². The number of hydrogen-bond donors (Lipinski definition) is 1. The second-order valence-electron chi connectivity index (χ2n) is 4.23. The number of benzene rings is 1.